The Kier molecular flexibility index (Phi) is 3.44. The van der Waals surface area contributed by atoms with Crippen LogP contribution in [0.2, 0.25) is 0 Å². The van der Waals surface area contributed by atoms with E-state index in [0.717, 1.165) is 5.56 Å². The van der Waals surface area contributed by atoms with Gasteiger partial charge in [-0.25, -0.2) is 4.39 Å². The largest absolute Gasteiger partial charge is 0.288 e. The molecule has 0 bridgehead atoms. The van der Waals surface area contributed by atoms with Gasteiger partial charge in [-0.05, 0) is 11.6 Å². The molecule has 0 aromatic heterocycles. The number of halogens is 1. The van der Waals surface area contributed by atoms with Crippen LogP contribution in [0.3, 0.4) is 0 Å². The van der Waals surface area contributed by atoms with Crippen molar-refractivity contribution in [3.05, 3.63) is 71.5 Å². The normalized spacial score (nSPS) is 10.8. The Morgan fingerprint density at radius 2 is 1.62 bits per heavy atom. The second-order valence-electron chi connectivity index (χ2n) is 3.48. The van der Waals surface area contributed by atoms with E-state index in [4.69, 9.17) is 0 Å². The third kappa shape index (κ3) is 2.76. The molecule has 80 valence electrons. The van der Waals surface area contributed by atoms with Crippen LogP contribution in [0.1, 0.15) is 11.1 Å². The quantitative estimate of drug-likeness (QED) is 0.692. The Morgan fingerprint density at radius 3 is 2.38 bits per heavy atom. The lowest BCUT2D eigenvalue weighted by Crippen LogP contribution is -1.88. The second kappa shape index (κ2) is 5.21. The fraction of sp³-hybridized carbons (Fsp3) is 0.0714. The summed E-state index contributed by atoms with van der Waals surface area (Å²) < 4.78 is 13.2. The van der Waals surface area contributed by atoms with Gasteiger partial charge >= 0.3 is 0 Å². The smallest absolute Gasteiger partial charge is 0.131 e. The minimum atomic E-state index is -0.237. The molecule has 0 aliphatic rings. The summed E-state index contributed by atoms with van der Waals surface area (Å²) in [6.07, 6.45) is 1.57. The SMILES string of the molecule is Fc1ccccc1/C=N/Cc1ccccc1. The van der Waals surface area contributed by atoms with E-state index in [9.17, 15) is 4.39 Å². The van der Waals surface area contributed by atoms with E-state index in [0.29, 0.717) is 12.1 Å². The van der Waals surface area contributed by atoms with Gasteiger partial charge in [-0.1, -0.05) is 48.5 Å². The molecule has 2 rings (SSSR count). The van der Waals surface area contributed by atoms with Crippen LogP contribution in [0.4, 0.5) is 4.39 Å². The summed E-state index contributed by atoms with van der Waals surface area (Å²) in [6, 6.07) is 16.5. The van der Waals surface area contributed by atoms with Crippen LogP contribution in [0.15, 0.2) is 59.6 Å². The van der Waals surface area contributed by atoms with Gasteiger partial charge in [0.15, 0.2) is 0 Å². The van der Waals surface area contributed by atoms with E-state index in [2.05, 4.69) is 4.99 Å². The summed E-state index contributed by atoms with van der Waals surface area (Å²) in [7, 11) is 0. The summed E-state index contributed by atoms with van der Waals surface area (Å²) in [4.78, 5) is 4.21. The van der Waals surface area contributed by atoms with Crippen LogP contribution >= 0.6 is 0 Å². The zero-order valence-corrected chi connectivity index (χ0v) is 8.81. The van der Waals surface area contributed by atoms with Crippen molar-refractivity contribution in [2.45, 2.75) is 6.54 Å². The van der Waals surface area contributed by atoms with E-state index >= 15 is 0 Å². The van der Waals surface area contributed by atoms with Crippen molar-refractivity contribution < 1.29 is 4.39 Å². The molecular weight excluding hydrogens is 201 g/mol. The molecule has 1 nitrogen and oxygen atoms in total. The minimum absolute atomic E-state index is 0.237. The average Bonchev–Trinajstić information content (AvgIpc) is 2.33. The molecule has 0 spiro atoms. The Bertz CT molecular complexity index is 477. The number of nitrogens with zero attached hydrogens (tertiary/aromatic N) is 1. The number of rotatable bonds is 3. The molecule has 16 heavy (non-hydrogen) atoms. The van der Waals surface area contributed by atoms with Crippen molar-refractivity contribution in [3.63, 3.8) is 0 Å². The molecule has 0 saturated heterocycles. The predicted molar refractivity (Wildman–Crippen MR) is 64.1 cm³/mol. The highest BCUT2D eigenvalue weighted by molar-refractivity contribution is 5.79. The van der Waals surface area contributed by atoms with Crippen LogP contribution in [0.5, 0.6) is 0 Å². The van der Waals surface area contributed by atoms with E-state index in [1.54, 1.807) is 24.4 Å². The maximum absolute atomic E-state index is 13.2. The molecule has 2 heteroatoms. The first-order valence-corrected chi connectivity index (χ1v) is 5.14. The highest BCUT2D eigenvalue weighted by Gasteiger charge is 1.95. The maximum Gasteiger partial charge on any atom is 0.131 e. The molecule has 0 aliphatic heterocycles. The Balaban J connectivity index is 2.03. The summed E-state index contributed by atoms with van der Waals surface area (Å²) >= 11 is 0. The van der Waals surface area contributed by atoms with Gasteiger partial charge in [0.1, 0.15) is 5.82 Å². The predicted octanol–water partition coefficient (Wildman–Crippen LogP) is 3.44. The average molecular weight is 213 g/mol. The van der Waals surface area contributed by atoms with E-state index in [1.807, 2.05) is 30.3 Å². The monoisotopic (exact) mass is 213 g/mol. The lowest BCUT2D eigenvalue weighted by atomic mass is 10.2. The van der Waals surface area contributed by atoms with Crippen molar-refractivity contribution in [1.29, 1.82) is 0 Å². The van der Waals surface area contributed by atoms with Crippen LogP contribution < -0.4 is 0 Å². The fourth-order valence-electron chi connectivity index (χ4n) is 1.41. The van der Waals surface area contributed by atoms with Crippen molar-refractivity contribution in [2.75, 3.05) is 0 Å². The lowest BCUT2D eigenvalue weighted by Gasteiger charge is -1.96. The van der Waals surface area contributed by atoms with Gasteiger partial charge in [-0.15, -0.1) is 0 Å². The summed E-state index contributed by atoms with van der Waals surface area (Å²) in [6.45, 7) is 0.579. The minimum Gasteiger partial charge on any atom is -0.288 e. The Morgan fingerprint density at radius 1 is 0.938 bits per heavy atom. The molecule has 0 saturated carbocycles. The highest BCUT2D eigenvalue weighted by Crippen LogP contribution is 2.04. The first kappa shape index (κ1) is 10.6. The van der Waals surface area contributed by atoms with Gasteiger partial charge in [0.25, 0.3) is 0 Å². The number of aliphatic imine (C=N–C) groups is 1. The molecule has 0 amide bonds. The molecule has 0 heterocycles. The third-order valence-corrected chi connectivity index (χ3v) is 2.25. The zero-order valence-electron chi connectivity index (χ0n) is 8.81. The summed E-state index contributed by atoms with van der Waals surface area (Å²) in [5.74, 6) is -0.237. The van der Waals surface area contributed by atoms with Crippen molar-refractivity contribution in [2.24, 2.45) is 4.99 Å². The van der Waals surface area contributed by atoms with E-state index in [1.165, 1.54) is 6.07 Å². The van der Waals surface area contributed by atoms with Gasteiger partial charge in [-0.3, -0.25) is 4.99 Å². The van der Waals surface area contributed by atoms with E-state index in [-0.39, 0.29) is 5.82 Å². The highest BCUT2D eigenvalue weighted by atomic mass is 19.1. The van der Waals surface area contributed by atoms with Crippen LogP contribution in [0.25, 0.3) is 0 Å². The standard InChI is InChI=1S/C14H12FN/c15-14-9-5-4-8-13(14)11-16-10-12-6-2-1-3-7-12/h1-9,11H,10H2/b16-11+. The molecule has 0 atom stereocenters. The third-order valence-electron chi connectivity index (χ3n) is 2.25. The lowest BCUT2D eigenvalue weighted by molar-refractivity contribution is 0.626. The Hall–Kier alpha value is -1.96. The Labute approximate surface area is 94.3 Å². The fourth-order valence-corrected chi connectivity index (χ4v) is 1.41. The molecule has 0 fully saturated rings. The molecule has 2 aromatic rings. The first-order valence-electron chi connectivity index (χ1n) is 5.14. The van der Waals surface area contributed by atoms with Crippen molar-refractivity contribution >= 4 is 6.21 Å². The molecule has 0 radical (unpaired) electrons. The topological polar surface area (TPSA) is 12.4 Å². The van der Waals surface area contributed by atoms with Crippen LogP contribution in [-0.4, -0.2) is 6.21 Å². The van der Waals surface area contributed by atoms with Gasteiger partial charge in [0.05, 0.1) is 6.54 Å². The zero-order chi connectivity index (χ0) is 11.2. The number of benzene rings is 2. The van der Waals surface area contributed by atoms with Crippen LogP contribution in [0, 0.1) is 5.82 Å². The summed E-state index contributed by atoms with van der Waals surface area (Å²) in [5, 5.41) is 0. The molecule has 0 unspecified atom stereocenters. The molecular formula is C14H12FN. The van der Waals surface area contributed by atoms with Crippen molar-refractivity contribution in [3.8, 4) is 0 Å². The summed E-state index contributed by atoms with van der Waals surface area (Å²) in [5.41, 5.74) is 1.65. The molecule has 2 aromatic carbocycles. The van der Waals surface area contributed by atoms with E-state index < -0.39 is 0 Å². The van der Waals surface area contributed by atoms with Crippen LogP contribution in [-0.2, 0) is 6.54 Å². The molecule has 0 aliphatic carbocycles. The van der Waals surface area contributed by atoms with Gasteiger partial charge in [0, 0.05) is 11.8 Å². The first-order chi connectivity index (χ1) is 7.86. The van der Waals surface area contributed by atoms with Gasteiger partial charge in [-0.2, -0.15) is 0 Å². The maximum atomic E-state index is 13.2. The van der Waals surface area contributed by atoms with Gasteiger partial charge < -0.3 is 0 Å². The van der Waals surface area contributed by atoms with Crippen molar-refractivity contribution in [1.82, 2.24) is 0 Å². The molecule has 0 N–H and O–H groups in total. The number of hydrogen-bond donors (Lipinski definition) is 0. The van der Waals surface area contributed by atoms with Gasteiger partial charge in [0.2, 0.25) is 0 Å². The second-order valence-corrected chi connectivity index (χ2v) is 3.48. The number of hydrogen-bond acceptors (Lipinski definition) is 1.